The van der Waals surface area contributed by atoms with Crippen LogP contribution in [0.5, 0.6) is 0 Å². The van der Waals surface area contributed by atoms with Crippen molar-refractivity contribution in [2.24, 2.45) is 0 Å². The Bertz CT molecular complexity index is 469. The van der Waals surface area contributed by atoms with Gasteiger partial charge in [-0.3, -0.25) is 4.57 Å². The number of rotatable bonds is 3. The van der Waals surface area contributed by atoms with Gasteiger partial charge in [0.1, 0.15) is 0 Å². The van der Waals surface area contributed by atoms with Crippen LogP contribution in [0.25, 0.3) is 0 Å². The number of carboxylic acids is 2. The van der Waals surface area contributed by atoms with Crippen molar-refractivity contribution in [1.29, 1.82) is 0 Å². The topological polar surface area (TPSA) is 132 Å². The van der Waals surface area contributed by atoms with Crippen LogP contribution in [0.4, 0.5) is 0 Å². The maximum absolute atomic E-state index is 10.9. The fourth-order valence-corrected chi connectivity index (χ4v) is 1.64. The zero-order valence-electron chi connectivity index (χ0n) is 7.69. The molecule has 16 heavy (non-hydrogen) atoms. The Morgan fingerprint density at radius 2 is 1.31 bits per heavy atom. The maximum atomic E-state index is 10.9. The van der Waals surface area contributed by atoms with Gasteiger partial charge in [0.15, 0.2) is 0 Å². The van der Waals surface area contributed by atoms with Crippen molar-refractivity contribution < 1.29 is 34.2 Å². The molecule has 0 fully saturated rings. The highest BCUT2D eigenvalue weighted by atomic mass is 31.2. The summed E-state index contributed by atoms with van der Waals surface area (Å²) < 4.78 is 10.9. The molecular formula is C8H7O7P. The maximum Gasteiger partial charge on any atom is 0.356 e. The van der Waals surface area contributed by atoms with Gasteiger partial charge >= 0.3 is 19.5 Å². The van der Waals surface area contributed by atoms with Crippen molar-refractivity contribution >= 4 is 24.8 Å². The van der Waals surface area contributed by atoms with Crippen LogP contribution in [-0.4, -0.2) is 31.9 Å². The van der Waals surface area contributed by atoms with Crippen molar-refractivity contribution in [3.63, 3.8) is 0 Å². The molecule has 0 bridgehead atoms. The van der Waals surface area contributed by atoms with E-state index in [0.717, 1.165) is 18.2 Å². The fourth-order valence-electron chi connectivity index (χ4n) is 1.03. The molecule has 0 unspecified atom stereocenters. The van der Waals surface area contributed by atoms with Crippen molar-refractivity contribution in [3.8, 4) is 0 Å². The van der Waals surface area contributed by atoms with E-state index in [1.54, 1.807) is 0 Å². The third-order valence-corrected chi connectivity index (χ3v) is 2.68. The first-order valence-electron chi connectivity index (χ1n) is 3.89. The lowest BCUT2D eigenvalue weighted by molar-refractivity contribution is 0.0696. The lowest BCUT2D eigenvalue weighted by atomic mass is 10.1. The SMILES string of the molecule is O=C(O)c1cc(C(=O)O)cc(P(=O)(O)O)c1. The second kappa shape index (κ2) is 4.05. The van der Waals surface area contributed by atoms with Crippen LogP contribution in [0.1, 0.15) is 20.7 Å². The van der Waals surface area contributed by atoms with Crippen LogP contribution in [-0.2, 0) is 4.57 Å². The summed E-state index contributed by atoms with van der Waals surface area (Å²) in [6.45, 7) is 0. The van der Waals surface area contributed by atoms with Gasteiger partial charge in [0.05, 0.1) is 16.4 Å². The lowest BCUT2D eigenvalue weighted by Crippen LogP contribution is -2.12. The van der Waals surface area contributed by atoms with Crippen LogP contribution >= 0.6 is 7.60 Å². The van der Waals surface area contributed by atoms with Crippen molar-refractivity contribution in [1.82, 2.24) is 0 Å². The standard InChI is InChI=1S/C8H7O7P/c9-7(10)4-1-5(8(11)12)3-6(2-4)16(13,14)15/h1-3H,(H,9,10)(H,11,12)(H2,13,14,15). The zero-order valence-corrected chi connectivity index (χ0v) is 8.59. The van der Waals surface area contributed by atoms with E-state index in [-0.39, 0.29) is 0 Å². The number of hydrogen-bond acceptors (Lipinski definition) is 3. The largest absolute Gasteiger partial charge is 0.478 e. The Kier molecular flexibility index (Phi) is 3.14. The molecule has 0 spiro atoms. The van der Waals surface area contributed by atoms with E-state index in [1.165, 1.54) is 0 Å². The first-order valence-corrected chi connectivity index (χ1v) is 5.51. The van der Waals surface area contributed by atoms with E-state index in [9.17, 15) is 14.2 Å². The third kappa shape index (κ3) is 2.66. The predicted molar refractivity (Wildman–Crippen MR) is 52.0 cm³/mol. The molecular weight excluding hydrogens is 239 g/mol. The normalized spacial score (nSPS) is 11.1. The third-order valence-electron chi connectivity index (χ3n) is 1.75. The molecule has 86 valence electrons. The Morgan fingerprint density at radius 1 is 0.938 bits per heavy atom. The summed E-state index contributed by atoms with van der Waals surface area (Å²) in [4.78, 5) is 38.9. The number of benzene rings is 1. The van der Waals surface area contributed by atoms with Gasteiger partial charge in [0.25, 0.3) is 0 Å². The molecule has 0 saturated carbocycles. The van der Waals surface area contributed by atoms with Gasteiger partial charge in [-0.1, -0.05) is 0 Å². The molecule has 0 saturated heterocycles. The van der Waals surface area contributed by atoms with Gasteiger partial charge in [-0.15, -0.1) is 0 Å². The van der Waals surface area contributed by atoms with E-state index >= 15 is 0 Å². The molecule has 0 aromatic heterocycles. The smallest absolute Gasteiger partial charge is 0.356 e. The summed E-state index contributed by atoms with van der Waals surface area (Å²) in [5.41, 5.74) is -0.976. The van der Waals surface area contributed by atoms with Crippen LogP contribution in [0.3, 0.4) is 0 Å². The van der Waals surface area contributed by atoms with Gasteiger partial charge in [0.2, 0.25) is 0 Å². The average Bonchev–Trinajstić information content (AvgIpc) is 2.15. The number of aromatic carboxylic acids is 2. The van der Waals surface area contributed by atoms with E-state index in [1.807, 2.05) is 0 Å². The summed E-state index contributed by atoms with van der Waals surface area (Å²) in [6, 6.07) is 2.31. The molecule has 0 heterocycles. The minimum Gasteiger partial charge on any atom is -0.478 e. The Hall–Kier alpha value is -1.69. The van der Waals surface area contributed by atoms with Crippen LogP contribution in [0.2, 0.25) is 0 Å². The van der Waals surface area contributed by atoms with E-state index in [0.29, 0.717) is 0 Å². The molecule has 0 atom stereocenters. The van der Waals surface area contributed by atoms with Gasteiger partial charge in [-0.2, -0.15) is 0 Å². The number of hydrogen-bond donors (Lipinski definition) is 4. The quantitative estimate of drug-likeness (QED) is 0.546. The van der Waals surface area contributed by atoms with Crippen LogP contribution in [0, 0.1) is 0 Å². The molecule has 1 rings (SSSR count). The first-order chi connectivity index (χ1) is 7.21. The molecule has 1 aromatic rings. The molecule has 0 aliphatic heterocycles. The molecule has 1 aromatic carbocycles. The fraction of sp³-hybridized carbons (Fsp3) is 0. The second-order valence-electron chi connectivity index (χ2n) is 2.92. The predicted octanol–water partition coefficient (Wildman–Crippen LogP) is -0.114. The van der Waals surface area contributed by atoms with Crippen molar-refractivity contribution in [2.45, 2.75) is 0 Å². The van der Waals surface area contributed by atoms with Gasteiger partial charge < -0.3 is 20.0 Å². The van der Waals surface area contributed by atoms with Gasteiger partial charge in [-0.25, -0.2) is 9.59 Å². The summed E-state index contributed by atoms with van der Waals surface area (Å²) in [7, 11) is -4.68. The minimum atomic E-state index is -4.68. The molecule has 0 aliphatic carbocycles. The Labute approximate surface area is 89.1 Å². The van der Waals surface area contributed by atoms with Gasteiger partial charge in [-0.05, 0) is 18.2 Å². The monoisotopic (exact) mass is 246 g/mol. The molecule has 0 aliphatic rings. The molecule has 0 amide bonds. The van der Waals surface area contributed by atoms with Crippen LogP contribution in [0.15, 0.2) is 18.2 Å². The summed E-state index contributed by atoms with van der Waals surface area (Å²) >= 11 is 0. The molecule has 4 N–H and O–H groups in total. The average molecular weight is 246 g/mol. The molecule has 7 nitrogen and oxygen atoms in total. The van der Waals surface area contributed by atoms with E-state index in [2.05, 4.69) is 0 Å². The number of carboxylic acid groups (broad SMARTS) is 2. The molecule has 8 heteroatoms. The van der Waals surface area contributed by atoms with E-state index < -0.39 is 36.0 Å². The second-order valence-corrected chi connectivity index (χ2v) is 4.53. The highest BCUT2D eigenvalue weighted by Crippen LogP contribution is 2.33. The summed E-state index contributed by atoms with van der Waals surface area (Å²) in [6.07, 6.45) is 0. The Balaban J connectivity index is 3.48. The summed E-state index contributed by atoms with van der Waals surface area (Å²) in [5.74, 6) is -2.92. The first kappa shape index (κ1) is 12.4. The van der Waals surface area contributed by atoms with Gasteiger partial charge in [0, 0.05) is 0 Å². The summed E-state index contributed by atoms with van der Waals surface area (Å²) in [5, 5.41) is 16.6. The number of carbonyl (C=O) groups is 2. The highest BCUT2D eigenvalue weighted by molar-refractivity contribution is 7.60. The van der Waals surface area contributed by atoms with Crippen LogP contribution < -0.4 is 5.30 Å². The van der Waals surface area contributed by atoms with Crippen molar-refractivity contribution in [2.75, 3.05) is 0 Å². The lowest BCUT2D eigenvalue weighted by Gasteiger charge is -2.06. The van der Waals surface area contributed by atoms with Crippen molar-refractivity contribution in [3.05, 3.63) is 29.3 Å². The highest BCUT2D eigenvalue weighted by Gasteiger charge is 2.21. The Morgan fingerprint density at radius 3 is 1.56 bits per heavy atom. The molecule has 0 radical (unpaired) electrons. The minimum absolute atomic E-state index is 0.488. The van der Waals surface area contributed by atoms with E-state index in [4.69, 9.17) is 20.0 Å². The zero-order chi connectivity index (χ0) is 12.5.